The molecule has 1 aliphatic heterocycles. The average molecular weight is 239 g/mol. The minimum Gasteiger partial charge on any atom is -0.399 e. The Hall–Kier alpha value is -1.84. The Bertz CT molecular complexity index is 524. The molecule has 0 aromatic heterocycles. The first kappa shape index (κ1) is 11.3. The predicted octanol–water partition coefficient (Wildman–Crippen LogP) is 2.55. The van der Waals surface area contributed by atoms with E-state index in [9.17, 15) is 0 Å². The molecule has 3 nitrogen and oxygen atoms in total. The summed E-state index contributed by atoms with van der Waals surface area (Å²) in [6.45, 7) is 0. The van der Waals surface area contributed by atoms with Crippen LogP contribution in [0.4, 0.5) is 5.69 Å². The number of anilines is 1. The van der Waals surface area contributed by atoms with E-state index in [2.05, 4.69) is 41.2 Å². The number of rotatable bonds is 2. The number of hydrogen-bond donors (Lipinski definition) is 3. The van der Waals surface area contributed by atoms with Gasteiger partial charge in [0.15, 0.2) is 0 Å². The van der Waals surface area contributed by atoms with Crippen molar-refractivity contribution in [2.75, 3.05) is 5.73 Å². The lowest BCUT2D eigenvalue weighted by Crippen LogP contribution is -2.26. The zero-order valence-electron chi connectivity index (χ0n) is 10.1. The van der Waals surface area contributed by atoms with E-state index >= 15 is 0 Å². The first-order valence-corrected chi connectivity index (χ1v) is 6.24. The van der Waals surface area contributed by atoms with Crippen LogP contribution in [0.5, 0.6) is 0 Å². The highest BCUT2D eigenvalue weighted by Crippen LogP contribution is 2.31. The smallest absolute Gasteiger partial charge is 0.0482 e. The molecule has 1 fully saturated rings. The summed E-state index contributed by atoms with van der Waals surface area (Å²) in [7, 11) is 0. The van der Waals surface area contributed by atoms with Gasteiger partial charge in [0.25, 0.3) is 0 Å². The van der Waals surface area contributed by atoms with E-state index in [1.807, 2.05) is 24.3 Å². The molecule has 0 aliphatic carbocycles. The van der Waals surface area contributed by atoms with Gasteiger partial charge in [0, 0.05) is 17.8 Å². The molecule has 3 heteroatoms. The Labute approximate surface area is 107 Å². The molecule has 2 unspecified atom stereocenters. The van der Waals surface area contributed by atoms with Crippen LogP contribution in [0.3, 0.4) is 0 Å². The van der Waals surface area contributed by atoms with Crippen LogP contribution in [0, 0.1) is 0 Å². The summed E-state index contributed by atoms with van der Waals surface area (Å²) in [5, 5.41) is 0. The van der Waals surface area contributed by atoms with Crippen LogP contribution in [-0.4, -0.2) is 0 Å². The maximum atomic E-state index is 5.82. The molecule has 0 saturated carbocycles. The fourth-order valence-corrected chi connectivity index (χ4v) is 2.45. The third-order valence-corrected chi connectivity index (χ3v) is 3.42. The molecular formula is C15H17N3. The highest BCUT2D eigenvalue weighted by Gasteiger charge is 2.25. The molecule has 1 saturated heterocycles. The molecule has 92 valence electrons. The van der Waals surface area contributed by atoms with Gasteiger partial charge in [-0.05, 0) is 29.7 Å². The second kappa shape index (κ2) is 4.80. The van der Waals surface area contributed by atoms with E-state index in [4.69, 9.17) is 5.73 Å². The van der Waals surface area contributed by atoms with Gasteiger partial charge in [-0.1, -0.05) is 42.5 Å². The summed E-state index contributed by atoms with van der Waals surface area (Å²) >= 11 is 0. The van der Waals surface area contributed by atoms with E-state index in [1.54, 1.807) is 0 Å². The normalized spacial score (nSPS) is 23.1. The summed E-state index contributed by atoms with van der Waals surface area (Å²) in [5.74, 6) is 0. The molecule has 2 atom stereocenters. The van der Waals surface area contributed by atoms with Crippen molar-refractivity contribution in [1.29, 1.82) is 0 Å². The van der Waals surface area contributed by atoms with Crippen molar-refractivity contribution < 1.29 is 0 Å². The van der Waals surface area contributed by atoms with Crippen LogP contribution in [-0.2, 0) is 0 Å². The molecular weight excluding hydrogens is 222 g/mol. The van der Waals surface area contributed by atoms with Gasteiger partial charge in [-0.2, -0.15) is 0 Å². The minimum atomic E-state index is 0.318. The summed E-state index contributed by atoms with van der Waals surface area (Å²) in [6, 6.07) is 19.2. The van der Waals surface area contributed by atoms with Gasteiger partial charge in [-0.25, -0.2) is 10.9 Å². The zero-order valence-corrected chi connectivity index (χ0v) is 10.1. The monoisotopic (exact) mass is 239 g/mol. The lowest BCUT2D eigenvalue weighted by atomic mass is 9.97. The molecule has 2 aromatic rings. The van der Waals surface area contributed by atoms with Crippen molar-refractivity contribution in [3.8, 4) is 0 Å². The number of nitrogens with one attached hydrogen (secondary N) is 2. The molecule has 18 heavy (non-hydrogen) atoms. The van der Waals surface area contributed by atoms with Crippen molar-refractivity contribution in [3.63, 3.8) is 0 Å². The molecule has 3 rings (SSSR count). The Morgan fingerprint density at radius 1 is 0.833 bits per heavy atom. The number of hydrogen-bond acceptors (Lipinski definition) is 3. The Balaban J connectivity index is 1.76. The van der Waals surface area contributed by atoms with Crippen molar-refractivity contribution in [2.45, 2.75) is 18.5 Å². The van der Waals surface area contributed by atoms with Gasteiger partial charge < -0.3 is 5.73 Å². The SMILES string of the molecule is Nc1cccc(C2CC(c3ccccc3)NN2)c1. The second-order valence-electron chi connectivity index (χ2n) is 4.71. The molecule has 4 N–H and O–H groups in total. The number of nitrogens with two attached hydrogens (primary N) is 1. The topological polar surface area (TPSA) is 50.1 Å². The van der Waals surface area contributed by atoms with Gasteiger partial charge in [-0.15, -0.1) is 0 Å². The van der Waals surface area contributed by atoms with Crippen molar-refractivity contribution in [2.24, 2.45) is 0 Å². The van der Waals surface area contributed by atoms with Crippen molar-refractivity contribution in [3.05, 3.63) is 65.7 Å². The fourth-order valence-electron chi connectivity index (χ4n) is 2.45. The maximum Gasteiger partial charge on any atom is 0.0482 e. The van der Waals surface area contributed by atoms with Crippen molar-refractivity contribution in [1.82, 2.24) is 10.9 Å². The second-order valence-corrected chi connectivity index (χ2v) is 4.71. The zero-order chi connectivity index (χ0) is 12.4. The van der Waals surface area contributed by atoms with Crippen LogP contribution in [0.1, 0.15) is 29.6 Å². The van der Waals surface area contributed by atoms with Gasteiger partial charge in [-0.3, -0.25) is 0 Å². The fraction of sp³-hybridized carbons (Fsp3) is 0.200. The molecule has 0 spiro atoms. The quantitative estimate of drug-likeness (QED) is 0.706. The highest BCUT2D eigenvalue weighted by atomic mass is 15.4. The number of nitrogen functional groups attached to an aromatic ring is 1. The Kier molecular flexibility index (Phi) is 3.00. The van der Waals surface area contributed by atoms with E-state index in [1.165, 1.54) is 11.1 Å². The third kappa shape index (κ3) is 2.23. The van der Waals surface area contributed by atoms with Crippen LogP contribution in [0.25, 0.3) is 0 Å². The maximum absolute atomic E-state index is 5.82. The number of hydrazine groups is 1. The lowest BCUT2D eigenvalue weighted by Gasteiger charge is -2.10. The average Bonchev–Trinajstić information content (AvgIpc) is 2.89. The largest absolute Gasteiger partial charge is 0.399 e. The van der Waals surface area contributed by atoms with E-state index in [-0.39, 0.29) is 0 Å². The van der Waals surface area contributed by atoms with E-state index < -0.39 is 0 Å². The summed E-state index contributed by atoms with van der Waals surface area (Å²) in [6.07, 6.45) is 1.04. The van der Waals surface area contributed by atoms with Crippen LogP contribution in [0.15, 0.2) is 54.6 Å². The first-order chi connectivity index (χ1) is 8.83. The predicted molar refractivity (Wildman–Crippen MR) is 73.7 cm³/mol. The molecule has 1 heterocycles. The molecule has 0 amide bonds. The van der Waals surface area contributed by atoms with Crippen LogP contribution < -0.4 is 16.6 Å². The van der Waals surface area contributed by atoms with Crippen LogP contribution >= 0.6 is 0 Å². The Morgan fingerprint density at radius 3 is 2.22 bits per heavy atom. The first-order valence-electron chi connectivity index (χ1n) is 6.24. The molecule has 2 aromatic carbocycles. The molecule has 0 radical (unpaired) electrons. The molecule has 1 aliphatic rings. The minimum absolute atomic E-state index is 0.318. The lowest BCUT2D eigenvalue weighted by molar-refractivity contribution is 0.555. The summed E-state index contributed by atoms with van der Waals surface area (Å²) < 4.78 is 0. The van der Waals surface area contributed by atoms with Gasteiger partial charge in [0.05, 0.1) is 0 Å². The summed E-state index contributed by atoms with van der Waals surface area (Å²) in [5.41, 5.74) is 15.9. The third-order valence-electron chi connectivity index (χ3n) is 3.42. The van der Waals surface area contributed by atoms with Crippen molar-refractivity contribution >= 4 is 5.69 Å². The molecule has 0 bridgehead atoms. The van der Waals surface area contributed by atoms with Gasteiger partial charge >= 0.3 is 0 Å². The summed E-state index contributed by atoms with van der Waals surface area (Å²) in [4.78, 5) is 0. The van der Waals surface area contributed by atoms with E-state index in [0.717, 1.165) is 12.1 Å². The van der Waals surface area contributed by atoms with Gasteiger partial charge in [0.1, 0.15) is 0 Å². The van der Waals surface area contributed by atoms with Gasteiger partial charge in [0.2, 0.25) is 0 Å². The Morgan fingerprint density at radius 2 is 1.50 bits per heavy atom. The van der Waals surface area contributed by atoms with Crippen LogP contribution in [0.2, 0.25) is 0 Å². The number of benzene rings is 2. The standard InChI is InChI=1S/C15H17N3/c16-13-8-4-7-12(9-13)15-10-14(17-18-15)11-5-2-1-3-6-11/h1-9,14-15,17-18H,10,16H2. The highest BCUT2D eigenvalue weighted by molar-refractivity contribution is 5.42. The van der Waals surface area contributed by atoms with E-state index in [0.29, 0.717) is 12.1 Å².